The van der Waals surface area contributed by atoms with Gasteiger partial charge in [-0.3, -0.25) is 72.3 Å². The minimum atomic E-state index is -1.86. The number of para-hydroxylation sites is 1. The standard InChI is InChI=1S/C67H92N12O19S2.Cu/c1-40(80)60-55(84)32-46(63(93)75-61(41(2)81)67(97)98)39-100-99-38-45(31-54(83)51(28-42-10-4-3-5-11-42)70-56(85)34-76-20-22-77(35-57(86)87)24-26-79(37-59(90)91)27-25-78(23-21-76)36-58(88)89)62(92)72-52(29-43-15-17-47(82)18-16-43)65(95)73-53(30-44-33-69-49-13-7-6-12-48(44)49)66(96)71-50(64(94)74-60)14-8-9-19-68;/h3-7,10-13,15-18,33,40-41,45-46,50-53,60-61,69,80-82H,8-9,14,19-32,34-39,68H2,1-2H3,(H,70,85)(H,71,96)(H,72,92)(H,73,95)(H,74,94)(H,75,93)(H,86,87)(H,88,89)(H,90,91)(H,97,98);/t40?,41-,45?,46?,50+,51?,52+,53?,60+,61?;/m1./s1. The van der Waals surface area contributed by atoms with E-state index in [0.717, 1.165) is 28.5 Å². The van der Waals surface area contributed by atoms with Gasteiger partial charge >= 0.3 is 23.9 Å². The van der Waals surface area contributed by atoms with Crippen LogP contribution in [0.4, 0.5) is 0 Å². The van der Waals surface area contributed by atoms with Gasteiger partial charge in [0.05, 0.1) is 56.3 Å². The maximum absolute atomic E-state index is 15.4. The van der Waals surface area contributed by atoms with Gasteiger partial charge in [0, 0.05) is 124 Å². The third-order valence-electron chi connectivity index (χ3n) is 17.1. The predicted octanol–water partition coefficient (Wildman–Crippen LogP) is -1.20. The Kier molecular flexibility index (Phi) is 35.1. The summed E-state index contributed by atoms with van der Waals surface area (Å²) in [6.07, 6.45) is -2.98. The fraction of sp³-hybridized carbons (Fsp3) is 0.522. The van der Waals surface area contributed by atoms with Crippen molar-refractivity contribution < 1.29 is 110 Å². The number of nitrogens with zero attached hydrogens (tertiary/aromatic N) is 4. The first kappa shape index (κ1) is 83.6. The van der Waals surface area contributed by atoms with Crippen molar-refractivity contribution in [2.75, 3.05) is 96.6 Å². The van der Waals surface area contributed by atoms with Crippen molar-refractivity contribution in [2.45, 2.75) is 114 Å². The molecule has 0 bridgehead atoms. The number of aromatic amines is 1. The van der Waals surface area contributed by atoms with Crippen molar-refractivity contribution in [1.29, 1.82) is 0 Å². The van der Waals surface area contributed by atoms with E-state index in [1.54, 1.807) is 80.4 Å². The van der Waals surface area contributed by atoms with Crippen LogP contribution in [0.2, 0.25) is 0 Å². The number of nitrogens with two attached hydrogens (primary N) is 1. The van der Waals surface area contributed by atoms with Gasteiger partial charge in [0.25, 0.3) is 0 Å². The van der Waals surface area contributed by atoms with E-state index < -0.39 is 164 Å². The molecular weight excluding hydrogens is 1400 g/mol. The van der Waals surface area contributed by atoms with Crippen LogP contribution in [0.3, 0.4) is 0 Å². The number of phenols is 1. The Labute approximate surface area is 602 Å². The molecule has 0 aliphatic carbocycles. The van der Waals surface area contributed by atoms with Crippen LogP contribution in [0.1, 0.15) is 62.6 Å². The number of aliphatic hydroxyl groups is 2. The summed E-state index contributed by atoms with van der Waals surface area (Å²) in [4.78, 5) is 176. The fourth-order valence-corrected chi connectivity index (χ4v) is 14.2. The molecule has 10 atom stereocenters. The molecule has 4 aromatic rings. The molecule has 3 aromatic carbocycles. The number of carboxylic acids is 4. The Balaban J connectivity index is 0.0000184. The molecule has 0 saturated carbocycles. The van der Waals surface area contributed by atoms with E-state index >= 15 is 14.4 Å². The van der Waals surface area contributed by atoms with Gasteiger partial charge in [-0.2, -0.15) is 0 Å². The molecule has 2 saturated heterocycles. The summed E-state index contributed by atoms with van der Waals surface area (Å²) in [5.74, 6) is -15.6. The number of amides is 6. The maximum atomic E-state index is 15.4. The number of carbonyl (C=O) groups excluding carboxylic acids is 8. The van der Waals surface area contributed by atoms with E-state index in [4.69, 9.17) is 5.73 Å². The Morgan fingerprint density at radius 3 is 1.66 bits per heavy atom. The molecule has 0 spiro atoms. The van der Waals surface area contributed by atoms with Gasteiger partial charge < -0.3 is 78.4 Å². The second kappa shape index (κ2) is 42.4. The molecule has 6 unspecified atom stereocenters. The number of aromatic nitrogens is 1. The van der Waals surface area contributed by atoms with Crippen molar-refractivity contribution in [1.82, 2.24) is 56.5 Å². The van der Waals surface area contributed by atoms with E-state index in [9.17, 15) is 78.9 Å². The molecule has 6 amide bonds. The number of hydrogen-bond donors (Lipinski definition) is 15. The third-order valence-corrected chi connectivity index (χ3v) is 19.7. The molecule has 557 valence electrons. The van der Waals surface area contributed by atoms with Crippen molar-refractivity contribution in [3.05, 3.63) is 102 Å². The number of carboxylic acid groups (broad SMARTS) is 4. The summed E-state index contributed by atoms with van der Waals surface area (Å²) >= 11 is 0. The molecule has 31 nitrogen and oxygen atoms in total. The Morgan fingerprint density at radius 2 is 1.12 bits per heavy atom. The summed E-state index contributed by atoms with van der Waals surface area (Å²) in [5.41, 5.74) is 8.08. The minimum Gasteiger partial charge on any atom is -0.508 e. The molecule has 3 heterocycles. The average Bonchev–Trinajstić information content (AvgIpc) is 1.79. The number of unbranched alkanes of at least 4 members (excludes halogenated alkanes) is 1. The molecule has 2 aliphatic heterocycles. The zero-order chi connectivity index (χ0) is 73.0. The van der Waals surface area contributed by atoms with Crippen LogP contribution in [0.25, 0.3) is 10.9 Å². The Hall–Kier alpha value is -8.02. The fourth-order valence-electron chi connectivity index (χ4n) is 11.6. The number of aliphatic carboxylic acids is 4. The molecular formula is C67H92CuN12O19S2. The normalized spacial score (nSPS) is 21.8. The quantitative estimate of drug-likeness (QED) is 0.0189. The van der Waals surface area contributed by atoms with Gasteiger partial charge in [0.15, 0.2) is 17.6 Å². The number of Topliss-reactive ketones (excluding diaryl/α,β-unsaturated/α-hetero) is 2. The number of ketones is 2. The SMILES string of the molecule is CC(O)[C@@H]1NC(=O)[C@H](CCCCN)NC(=O)C(Cc2c[nH]c3ccccc23)NC(=O)[C@H](Cc2ccc(O)cc2)NC(=O)C(CC(=O)C(Cc2ccccc2)NC(=O)CN2CCN(CC(=O)O)CCN(CC(=O)O)CCN(CC(=O)O)CC2)CSSCC(C(=O)NC(C(=O)O)[C@@H](C)O)CC1=O.[Cu]. The monoisotopic (exact) mass is 1500 g/mol. The number of H-pyrrole nitrogens is 1. The number of carbonyl (C=O) groups is 12. The van der Waals surface area contributed by atoms with Crippen LogP contribution >= 0.6 is 21.6 Å². The van der Waals surface area contributed by atoms with E-state index in [-0.39, 0.29) is 132 Å². The van der Waals surface area contributed by atoms with Crippen LogP contribution in [-0.4, -0.2) is 276 Å². The summed E-state index contributed by atoms with van der Waals surface area (Å²) < 4.78 is 0. The molecule has 101 heavy (non-hydrogen) atoms. The second-order valence-electron chi connectivity index (χ2n) is 25.1. The molecule has 2 aliphatic rings. The second-order valence-corrected chi connectivity index (χ2v) is 27.6. The predicted molar refractivity (Wildman–Crippen MR) is 369 cm³/mol. The number of rotatable bonds is 27. The largest absolute Gasteiger partial charge is 0.508 e. The van der Waals surface area contributed by atoms with E-state index in [1.165, 1.54) is 31.2 Å². The van der Waals surface area contributed by atoms with E-state index in [2.05, 4.69) is 36.9 Å². The maximum Gasteiger partial charge on any atom is 0.328 e. The molecule has 16 N–H and O–H groups in total. The molecule has 1 aromatic heterocycles. The summed E-state index contributed by atoms with van der Waals surface area (Å²) in [5, 5.41) is 87.7. The number of phenolic OH excluding ortho intramolecular Hbond substituents is 1. The molecule has 2 fully saturated rings. The zero-order valence-electron chi connectivity index (χ0n) is 56.1. The third kappa shape index (κ3) is 28.4. The molecule has 1 radical (unpaired) electrons. The number of aromatic hydroxyl groups is 1. The molecule has 6 rings (SSSR count). The Bertz CT molecular complexity index is 3420. The van der Waals surface area contributed by atoms with Crippen LogP contribution in [0.5, 0.6) is 5.75 Å². The zero-order valence-corrected chi connectivity index (χ0v) is 58.7. The summed E-state index contributed by atoms with van der Waals surface area (Å²) in [6.45, 7) is 1.65. The number of nitrogens with one attached hydrogen (secondary N) is 7. The van der Waals surface area contributed by atoms with Crippen LogP contribution < -0.4 is 37.6 Å². The van der Waals surface area contributed by atoms with Crippen LogP contribution in [0, 0.1) is 11.8 Å². The minimum absolute atomic E-state index is 0. The topological polar surface area (TPSA) is 473 Å². The Morgan fingerprint density at radius 1 is 0.604 bits per heavy atom. The number of fused-ring (bicyclic) bond motifs is 1. The van der Waals surface area contributed by atoms with Crippen LogP contribution in [0.15, 0.2) is 85.1 Å². The number of aliphatic hydroxyl groups excluding tert-OH is 2. The first-order valence-corrected chi connectivity index (χ1v) is 35.5. The number of hydrogen-bond acceptors (Lipinski definition) is 22. The van der Waals surface area contributed by atoms with Gasteiger partial charge in [0.2, 0.25) is 35.4 Å². The van der Waals surface area contributed by atoms with Crippen molar-refractivity contribution in [3.8, 4) is 5.75 Å². The smallest absolute Gasteiger partial charge is 0.328 e. The van der Waals surface area contributed by atoms with Gasteiger partial charge in [0.1, 0.15) is 29.9 Å². The first-order valence-electron chi connectivity index (χ1n) is 33.0. The van der Waals surface area contributed by atoms with Gasteiger partial charge in [-0.15, -0.1) is 0 Å². The average molecular weight is 1500 g/mol. The van der Waals surface area contributed by atoms with Gasteiger partial charge in [-0.1, -0.05) is 82.3 Å². The van der Waals surface area contributed by atoms with Crippen molar-refractivity contribution in [3.63, 3.8) is 0 Å². The summed E-state index contributed by atoms with van der Waals surface area (Å²) in [6, 6.07) is 12.0. The summed E-state index contributed by atoms with van der Waals surface area (Å²) in [7, 11) is 1.86. The van der Waals surface area contributed by atoms with Gasteiger partial charge in [-0.25, -0.2) is 4.79 Å². The number of benzene rings is 3. The van der Waals surface area contributed by atoms with Gasteiger partial charge in [-0.05, 0) is 81.0 Å². The molecule has 34 heteroatoms. The van der Waals surface area contributed by atoms with E-state index in [0.29, 0.717) is 34.0 Å². The van der Waals surface area contributed by atoms with Crippen molar-refractivity contribution >= 4 is 103 Å². The van der Waals surface area contributed by atoms with Crippen LogP contribution in [-0.2, 0) is 93.9 Å². The first-order chi connectivity index (χ1) is 47.7. The van der Waals surface area contributed by atoms with Crippen molar-refractivity contribution in [2.24, 2.45) is 17.6 Å². The van der Waals surface area contributed by atoms with E-state index in [1.807, 2.05) is 0 Å².